The summed E-state index contributed by atoms with van der Waals surface area (Å²) in [7, 11) is -0.516. The molecular weight excluding hydrogens is 387 g/mol. The smallest absolute Gasteiger partial charge is 1.00 e. The molecule has 3 rings (SSSR count). The van der Waals surface area contributed by atoms with Crippen molar-refractivity contribution in [3.63, 3.8) is 0 Å². The maximum Gasteiger partial charge on any atom is -1.00 e. The summed E-state index contributed by atoms with van der Waals surface area (Å²) in [6.07, 6.45) is 0. The van der Waals surface area contributed by atoms with Gasteiger partial charge in [-0.2, -0.15) is 0 Å². The third-order valence-electron chi connectivity index (χ3n) is 5.38. The van der Waals surface area contributed by atoms with Crippen LogP contribution in [0.25, 0.3) is 3.88 Å². The van der Waals surface area contributed by atoms with Gasteiger partial charge in [-0.05, 0) is 0 Å². The molecule has 0 bridgehead atoms. The molecule has 0 amide bonds. The van der Waals surface area contributed by atoms with Gasteiger partial charge in [0.15, 0.2) is 0 Å². The molecule has 1 atom stereocenters. The van der Waals surface area contributed by atoms with E-state index in [1.54, 1.807) is 21.9 Å². The van der Waals surface area contributed by atoms with Gasteiger partial charge in [0.2, 0.25) is 0 Å². The van der Waals surface area contributed by atoms with Crippen molar-refractivity contribution in [2.24, 2.45) is 5.92 Å². The van der Waals surface area contributed by atoms with Gasteiger partial charge in [-0.15, -0.1) is 0 Å². The molecule has 1 aromatic carbocycles. The zero-order valence-corrected chi connectivity index (χ0v) is 19.2. The van der Waals surface area contributed by atoms with Gasteiger partial charge in [0.25, 0.3) is 0 Å². The first-order valence-corrected chi connectivity index (χ1v) is 11.3. The second kappa shape index (κ2) is 8.01. The van der Waals surface area contributed by atoms with E-state index in [-0.39, 0.29) is 24.8 Å². The fraction of sp³-hybridized carbons (Fsp3) is 0.350. The topological polar surface area (TPSA) is 0 Å². The fourth-order valence-electron chi connectivity index (χ4n) is 3.87. The van der Waals surface area contributed by atoms with Gasteiger partial charge in [0, 0.05) is 0 Å². The average molecular weight is 410 g/mol. The van der Waals surface area contributed by atoms with E-state index in [1.807, 2.05) is 0 Å². The third kappa shape index (κ3) is 3.15. The monoisotopic (exact) mass is 409 g/mol. The minimum absolute atomic E-state index is 0. The molecule has 0 heterocycles. The Labute approximate surface area is 172 Å². The van der Waals surface area contributed by atoms with Gasteiger partial charge in [0.1, 0.15) is 0 Å². The maximum absolute atomic E-state index is 2.43. The fourth-order valence-corrected chi connectivity index (χ4v) is 6.33. The van der Waals surface area contributed by atoms with Crippen molar-refractivity contribution >= 4 is 17.5 Å². The first-order chi connectivity index (χ1) is 10.4. The molecule has 1 unspecified atom stereocenters. The van der Waals surface area contributed by atoms with E-state index < -0.39 is 8.41 Å². The number of allylic oxidation sites excluding steroid dienone is 5. The normalized spacial score (nSPS) is 19.5. The number of halogens is 2. The third-order valence-corrected chi connectivity index (χ3v) is 7.71. The predicted octanol–water partition coefficient (Wildman–Crippen LogP) is -0.875. The van der Waals surface area contributed by atoms with Crippen LogP contribution in [0.3, 0.4) is 0 Å². The molecule has 0 spiro atoms. The van der Waals surface area contributed by atoms with E-state index in [1.165, 1.54) is 26.2 Å². The standard InChI is InChI=1S/C20H23Si.2ClH.Ti/c1-12-13(2)15(4)19(14(12)3)18-11-16-9-7-8-10-17(16)20(18)21(5)6;;;/h7-10,14H,1-6H3;2*1H;/q;;;+2/p-2. The molecule has 0 radical (unpaired) electrons. The maximum atomic E-state index is 2.43. The van der Waals surface area contributed by atoms with Crippen LogP contribution in [0.15, 0.2) is 52.1 Å². The number of benzene rings is 1. The van der Waals surface area contributed by atoms with E-state index >= 15 is 0 Å². The minimum atomic E-state index is -0.516. The quantitative estimate of drug-likeness (QED) is 0.528. The van der Waals surface area contributed by atoms with Crippen molar-refractivity contribution in [3.05, 3.63) is 63.3 Å². The molecule has 0 saturated carbocycles. The van der Waals surface area contributed by atoms with Gasteiger partial charge in [-0.3, -0.25) is 0 Å². The minimum Gasteiger partial charge on any atom is -1.00 e. The van der Waals surface area contributed by atoms with Crippen LogP contribution in [-0.2, 0) is 20.4 Å². The Morgan fingerprint density at radius 2 is 1.46 bits per heavy atom. The summed E-state index contributed by atoms with van der Waals surface area (Å²) in [6, 6.07) is 8.98. The molecule has 4 heteroatoms. The second-order valence-corrected chi connectivity index (χ2v) is 10.0. The van der Waals surface area contributed by atoms with Gasteiger partial charge >= 0.3 is 148 Å². The first kappa shape index (κ1) is 21.9. The summed E-state index contributed by atoms with van der Waals surface area (Å²) in [5, 5.41) is 1.64. The first-order valence-electron chi connectivity index (χ1n) is 7.98. The van der Waals surface area contributed by atoms with Crippen molar-refractivity contribution in [3.8, 4) is 0 Å². The molecule has 1 aromatic rings. The van der Waals surface area contributed by atoms with Crippen LogP contribution in [0.2, 0.25) is 13.1 Å². The van der Waals surface area contributed by atoms with Crippen LogP contribution in [-0.4, -0.2) is 13.6 Å². The van der Waals surface area contributed by atoms with Crippen molar-refractivity contribution in [2.45, 2.75) is 40.8 Å². The van der Waals surface area contributed by atoms with Gasteiger partial charge in [-0.1, -0.05) is 0 Å². The molecule has 0 aromatic heterocycles. The predicted molar refractivity (Wildman–Crippen MR) is 95.2 cm³/mol. The largest absolute Gasteiger partial charge is 1.00 e. The second-order valence-electron chi connectivity index (χ2n) is 6.74. The van der Waals surface area contributed by atoms with Gasteiger partial charge in [0.05, 0.1) is 0 Å². The van der Waals surface area contributed by atoms with E-state index in [0.29, 0.717) is 5.92 Å². The molecular formula is C20H23Cl2SiTi. The molecule has 0 fully saturated rings. The Bertz CT molecular complexity index is 809. The molecule has 0 saturated heterocycles. The number of fused-ring (bicyclic) bond motifs is 1. The van der Waals surface area contributed by atoms with E-state index in [4.69, 9.17) is 0 Å². The van der Waals surface area contributed by atoms with E-state index in [0.717, 1.165) is 0 Å². The van der Waals surface area contributed by atoms with Crippen LogP contribution in [0.1, 0.15) is 38.8 Å². The summed E-state index contributed by atoms with van der Waals surface area (Å²) < 4.78 is 1.49. The molecule has 0 N–H and O–H groups in total. The summed E-state index contributed by atoms with van der Waals surface area (Å²) in [5.74, 6) is 0.551. The average Bonchev–Trinajstić information content (AvgIpc) is 2.88. The molecule has 2 aliphatic rings. The van der Waals surface area contributed by atoms with Crippen molar-refractivity contribution < 1.29 is 45.2 Å². The summed E-state index contributed by atoms with van der Waals surface area (Å²) in [4.78, 5) is 0. The number of rotatable bonds is 1. The van der Waals surface area contributed by atoms with Crippen LogP contribution in [0.4, 0.5) is 0 Å². The van der Waals surface area contributed by atoms with Gasteiger partial charge in [-0.25, -0.2) is 0 Å². The molecule has 2 aliphatic carbocycles. The van der Waals surface area contributed by atoms with Crippen molar-refractivity contribution in [1.82, 2.24) is 0 Å². The zero-order chi connectivity index (χ0) is 16.2. The van der Waals surface area contributed by atoms with Gasteiger partial charge < -0.3 is 24.8 Å². The van der Waals surface area contributed by atoms with Crippen LogP contribution in [0, 0.1) is 5.92 Å². The van der Waals surface area contributed by atoms with E-state index in [2.05, 4.69) is 85.5 Å². The SMILES string of the molecule is CC1=C(C)C(C)C(C2=[C]([Ti+2])c3ccccc3C2=[Si](C)C)=C1C.[Cl-].[Cl-]. The summed E-state index contributed by atoms with van der Waals surface area (Å²) >= 11 is 2.32. The Hall–Kier alpha value is -0.179. The Balaban J connectivity index is 0.00000144. The Kier molecular flexibility index (Phi) is 7.30. The molecule has 0 nitrogen and oxygen atoms in total. The van der Waals surface area contributed by atoms with Crippen molar-refractivity contribution in [2.75, 3.05) is 0 Å². The summed E-state index contributed by atoms with van der Waals surface area (Å²) in [6.45, 7) is 14.1. The number of hydrogen-bond acceptors (Lipinski definition) is 0. The van der Waals surface area contributed by atoms with E-state index in [9.17, 15) is 0 Å². The zero-order valence-electron chi connectivity index (χ0n) is 15.1. The number of hydrogen-bond donors (Lipinski definition) is 0. The Morgan fingerprint density at radius 3 is 1.92 bits per heavy atom. The Morgan fingerprint density at radius 1 is 0.917 bits per heavy atom. The summed E-state index contributed by atoms with van der Waals surface area (Å²) in [5.41, 5.74) is 10.7. The molecule has 125 valence electrons. The van der Waals surface area contributed by atoms with Crippen molar-refractivity contribution in [1.29, 1.82) is 0 Å². The van der Waals surface area contributed by atoms with Crippen LogP contribution < -0.4 is 24.8 Å². The molecule has 24 heavy (non-hydrogen) atoms. The van der Waals surface area contributed by atoms with Crippen LogP contribution >= 0.6 is 0 Å². The van der Waals surface area contributed by atoms with Crippen LogP contribution in [0.5, 0.6) is 0 Å². The molecule has 0 aliphatic heterocycles.